The van der Waals surface area contributed by atoms with Crippen molar-refractivity contribution in [3.8, 4) is 0 Å². The van der Waals surface area contributed by atoms with Crippen molar-refractivity contribution in [3.63, 3.8) is 0 Å². The minimum absolute atomic E-state index is 0.377. The van der Waals surface area contributed by atoms with Crippen molar-refractivity contribution >= 4 is 52.3 Å². The van der Waals surface area contributed by atoms with Gasteiger partial charge in [-0.25, -0.2) is 5.43 Å². The summed E-state index contributed by atoms with van der Waals surface area (Å²) in [5.41, 5.74) is 4.81. The van der Waals surface area contributed by atoms with E-state index in [0.717, 1.165) is 24.3 Å². The van der Waals surface area contributed by atoms with Gasteiger partial charge in [-0.3, -0.25) is 0 Å². The highest BCUT2D eigenvalue weighted by molar-refractivity contribution is 14.1. The summed E-state index contributed by atoms with van der Waals surface area (Å²) in [6.45, 7) is 2.78. The molecule has 0 unspecified atom stereocenters. The molecule has 1 aliphatic rings. The first-order valence-corrected chi connectivity index (χ1v) is 10.3. The molecule has 0 spiro atoms. The van der Waals surface area contributed by atoms with E-state index in [9.17, 15) is 0 Å². The maximum absolute atomic E-state index is 5.43. The van der Waals surface area contributed by atoms with Crippen LogP contribution in [0, 0.1) is 3.57 Å². The van der Waals surface area contributed by atoms with Gasteiger partial charge in [-0.15, -0.1) is 0 Å². The quantitative estimate of drug-likeness (QED) is 0.304. The summed E-state index contributed by atoms with van der Waals surface area (Å²) in [7, 11) is 0. The summed E-state index contributed by atoms with van der Waals surface area (Å²) in [5, 5.41) is 7.50. The van der Waals surface area contributed by atoms with Crippen LogP contribution in [-0.4, -0.2) is 47.5 Å². The van der Waals surface area contributed by atoms with Crippen LogP contribution < -0.4 is 15.6 Å². The molecule has 8 nitrogen and oxygen atoms in total. The van der Waals surface area contributed by atoms with Crippen molar-refractivity contribution in [3.05, 3.63) is 63.7 Å². The normalized spacial score (nSPS) is 14.2. The van der Waals surface area contributed by atoms with Gasteiger partial charge in [0, 0.05) is 22.3 Å². The van der Waals surface area contributed by atoms with Gasteiger partial charge in [0.2, 0.25) is 17.8 Å². The van der Waals surface area contributed by atoms with E-state index in [4.69, 9.17) is 4.74 Å². The number of nitrogens with zero attached hydrogens (tertiary/aromatic N) is 5. The highest BCUT2D eigenvalue weighted by Crippen LogP contribution is 2.18. The Kier molecular flexibility index (Phi) is 6.47. The van der Waals surface area contributed by atoms with Gasteiger partial charge in [0.1, 0.15) is 0 Å². The first-order valence-electron chi connectivity index (χ1n) is 9.22. The number of nitrogens with one attached hydrogen (secondary N) is 2. The average molecular weight is 501 g/mol. The van der Waals surface area contributed by atoms with Crippen molar-refractivity contribution < 1.29 is 4.74 Å². The summed E-state index contributed by atoms with van der Waals surface area (Å²) >= 11 is 2.27. The average Bonchev–Trinajstić information content (AvgIpc) is 2.76. The lowest BCUT2D eigenvalue weighted by molar-refractivity contribution is 0.122. The fourth-order valence-electron chi connectivity index (χ4n) is 2.74. The van der Waals surface area contributed by atoms with E-state index in [1.54, 1.807) is 6.21 Å². The molecule has 2 heterocycles. The van der Waals surface area contributed by atoms with Gasteiger partial charge >= 0.3 is 0 Å². The van der Waals surface area contributed by atoms with Gasteiger partial charge in [0.25, 0.3) is 0 Å². The van der Waals surface area contributed by atoms with E-state index in [-0.39, 0.29) is 0 Å². The Morgan fingerprint density at radius 2 is 1.66 bits per heavy atom. The third kappa shape index (κ3) is 5.61. The molecule has 4 rings (SSSR count). The lowest BCUT2D eigenvalue weighted by Crippen LogP contribution is -2.37. The summed E-state index contributed by atoms with van der Waals surface area (Å²) < 4.78 is 6.61. The van der Waals surface area contributed by atoms with Crippen LogP contribution in [0.4, 0.5) is 23.5 Å². The number of hydrogen-bond donors (Lipinski definition) is 2. The Morgan fingerprint density at radius 1 is 0.931 bits per heavy atom. The molecule has 3 aromatic rings. The number of para-hydroxylation sites is 1. The molecule has 2 aromatic carbocycles. The van der Waals surface area contributed by atoms with Gasteiger partial charge in [-0.1, -0.05) is 30.3 Å². The highest BCUT2D eigenvalue weighted by atomic mass is 127. The number of morpholine rings is 1. The molecule has 0 bridgehead atoms. The van der Waals surface area contributed by atoms with E-state index in [1.807, 2.05) is 54.6 Å². The predicted octanol–water partition coefficient (Wildman–Crippen LogP) is 3.50. The number of benzene rings is 2. The highest BCUT2D eigenvalue weighted by Gasteiger charge is 2.16. The third-order valence-electron chi connectivity index (χ3n) is 4.20. The first kappa shape index (κ1) is 19.5. The molecular formula is C20H20IN7O. The molecule has 1 aliphatic heterocycles. The molecule has 2 N–H and O–H groups in total. The van der Waals surface area contributed by atoms with Crippen LogP contribution in [0.1, 0.15) is 5.56 Å². The van der Waals surface area contributed by atoms with Crippen LogP contribution in [0.15, 0.2) is 59.7 Å². The zero-order chi connectivity index (χ0) is 19.9. The minimum Gasteiger partial charge on any atom is -0.378 e. The lowest BCUT2D eigenvalue weighted by atomic mass is 10.2. The smallest absolute Gasteiger partial charge is 0.250 e. The summed E-state index contributed by atoms with van der Waals surface area (Å²) in [4.78, 5) is 15.6. The van der Waals surface area contributed by atoms with Crippen LogP contribution in [0.2, 0.25) is 0 Å². The second-order valence-electron chi connectivity index (χ2n) is 6.29. The van der Waals surface area contributed by atoms with Crippen LogP contribution in [0.3, 0.4) is 0 Å². The largest absolute Gasteiger partial charge is 0.378 e. The summed E-state index contributed by atoms with van der Waals surface area (Å²) in [6, 6.07) is 17.9. The van der Waals surface area contributed by atoms with Crippen LogP contribution in [-0.2, 0) is 4.74 Å². The van der Waals surface area contributed by atoms with Crippen molar-refractivity contribution in [1.82, 2.24) is 15.0 Å². The standard InChI is InChI=1S/C20H20IN7O/c21-16-8-6-15(7-9-16)14-22-27-19-24-18(23-17-4-2-1-3-5-17)25-20(26-19)28-10-12-29-13-11-28/h1-9,14H,10-13H2,(H2,23,24,25,26,27)/b22-14+. The molecule has 1 aromatic heterocycles. The zero-order valence-corrected chi connectivity index (χ0v) is 17.8. The number of halogens is 1. The lowest BCUT2D eigenvalue weighted by Gasteiger charge is -2.27. The number of ether oxygens (including phenoxy) is 1. The Labute approximate surface area is 182 Å². The number of hydrogen-bond acceptors (Lipinski definition) is 8. The molecule has 29 heavy (non-hydrogen) atoms. The predicted molar refractivity (Wildman–Crippen MR) is 123 cm³/mol. The van der Waals surface area contributed by atoms with Crippen molar-refractivity contribution in [2.45, 2.75) is 0 Å². The number of rotatable bonds is 6. The van der Waals surface area contributed by atoms with Crippen molar-refractivity contribution in [2.24, 2.45) is 5.10 Å². The van der Waals surface area contributed by atoms with E-state index in [0.29, 0.717) is 31.1 Å². The van der Waals surface area contributed by atoms with Crippen LogP contribution in [0.25, 0.3) is 0 Å². The molecular weight excluding hydrogens is 481 g/mol. The summed E-state index contributed by atoms with van der Waals surface area (Å²) in [5.74, 6) is 1.43. The first-order chi connectivity index (χ1) is 14.3. The molecule has 148 valence electrons. The topological polar surface area (TPSA) is 87.6 Å². The second-order valence-corrected chi connectivity index (χ2v) is 7.54. The van der Waals surface area contributed by atoms with Crippen molar-refractivity contribution in [1.29, 1.82) is 0 Å². The van der Waals surface area contributed by atoms with Crippen molar-refractivity contribution in [2.75, 3.05) is 41.9 Å². The van der Waals surface area contributed by atoms with Gasteiger partial charge in [-0.05, 0) is 52.4 Å². The Hall–Kier alpha value is -2.79. The molecule has 9 heteroatoms. The van der Waals surface area contributed by atoms with Gasteiger partial charge in [0.05, 0.1) is 19.4 Å². The van der Waals surface area contributed by atoms with E-state index < -0.39 is 0 Å². The van der Waals surface area contributed by atoms with Crippen LogP contribution >= 0.6 is 22.6 Å². The van der Waals surface area contributed by atoms with E-state index >= 15 is 0 Å². The molecule has 0 saturated carbocycles. The number of aromatic nitrogens is 3. The molecule has 0 atom stereocenters. The third-order valence-corrected chi connectivity index (χ3v) is 4.91. The number of anilines is 4. The van der Waals surface area contributed by atoms with Gasteiger partial charge in [0.15, 0.2) is 0 Å². The fraction of sp³-hybridized carbons (Fsp3) is 0.200. The van der Waals surface area contributed by atoms with Gasteiger partial charge < -0.3 is 15.0 Å². The van der Waals surface area contributed by atoms with Crippen LogP contribution in [0.5, 0.6) is 0 Å². The molecule has 0 amide bonds. The van der Waals surface area contributed by atoms with E-state index in [2.05, 4.69) is 58.3 Å². The monoisotopic (exact) mass is 501 g/mol. The Balaban J connectivity index is 1.55. The fourth-order valence-corrected chi connectivity index (χ4v) is 3.10. The minimum atomic E-state index is 0.377. The second kappa shape index (κ2) is 9.61. The molecule has 1 fully saturated rings. The maximum Gasteiger partial charge on any atom is 0.250 e. The SMILES string of the molecule is Ic1ccc(/C=N/Nc2nc(Nc3ccccc3)nc(N3CCOCC3)n2)cc1. The summed E-state index contributed by atoms with van der Waals surface area (Å²) in [6.07, 6.45) is 1.73. The Morgan fingerprint density at radius 3 is 2.41 bits per heavy atom. The number of hydrazone groups is 1. The zero-order valence-electron chi connectivity index (χ0n) is 15.6. The molecule has 1 saturated heterocycles. The van der Waals surface area contributed by atoms with Gasteiger partial charge in [-0.2, -0.15) is 20.1 Å². The Bertz CT molecular complexity index is 960. The van der Waals surface area contributed by atoms with E-state index in [1.165, 1.54) is 3.57 Å². The maximum atomic E-state index is 5.43. The molecule has 0 radical (unpaired) electrons. The molecule has 0 aliphatic carbocycles.